The Morgan fingerprint density at radius 1 is 1.19 bits per heavy atom. The fourth-order valence-corrected chi connectivity index (χ4v) is 2.05. The molecule has 1 aromatic carbocycles. The number of hydrogen-bond donors (Lipinski definition) is 2. The molecule has 21 heavy (non-hydrogen) atoms. The van der Waals surface area contributed by atoms with Gasteiger partial charge in [-0.3, -0.25) is 14.5 Å². The van der Waals surface area contributed by atoms with E-state index in [2.05, 4.69) is 10.6 Å². The van der Waals surface area contributed by atoms with Crippen molar-refractivity contribution in [3.05, 3.63) is 28.2 Å². The molecule has 0 aromatic heterocycles. The van der Waals surface area contributed by atoms with Gasteiger partial charge in [0.15, 0.2) is 0 Å². The lowest BCUT2D eigenvalue weighted by molar-refractivity contribution is -0.123. The second-order valence-electron chi connectivity index (χ2n) is 5.04. The quantitative estimate of drug-likeness (QED) is 0.841. The van der Waals surface area contributed by atoms with E-state index in [1.54, 1.807) is 30.1 Å². The summed E-state index contributed by atoms with van der Waals surface area (Å²) in [5, 5.41) is 6.10. The van der Waals surface area contributed by atoms with Gasteiger partial charge in [-0.15, -0.1) is 0 Å². The summed E-state index contributed by atoms with van der Waals surface area (Å²) in [7, 11) is 1.69. The van der Waals surface area contributed by atoms with Crippen LogP contribution in [0.4, 0.5) is 5.69 Å². The van der Waals surface area contributed by atoms with Crippen molar-refractivity contribution in [3.8, 4) is 0 Å². The average Bonchev–Trinajstić information content (AvgIpc) is 2.33. The zero-order valence-corrected chi connectivity index (χ0v) is 13.8. The number of rotatable bonds is 6. The SMILES string of the molecule is CC(C)NC(=O)CN(C)CC(=O)Nc1cccc(Cl)c1Cl. The smallest absolute Gasteiger partial charge is 0.238 e. The highest BCUT2D eigenvalue weighted by molar-refractivity contribution is 6.43. The molecule has 7 heteroatoms. The highest BCUT2D eigenvalue weighted by atomic mass is 35.5. The molecule has 0 spiro atoms. The molecule has 0 heterocycles. The molecule has 1 rings (SSSR count). The minimum Gasteiger partial charge on any atom is -0.353 e. The number of anilines is 1. The predicted octanol–water partition coefficient (Wildman–Crippen LogP) is 2.39. The zero-order chi connectivity index (χ0) is 16.0. The summed E-state index contributed by atoms with van der Waals surface area (Å²) in [5.74, 6) is -0.389. The van der Waals surface area contributed by atoms with Crippen LogP contribution in [-0.4, -0.2) is 42.9 Å². The first kappa shape index (κ1) is 17.8. The maximum atomic E-state index is 11.9. The van der Waals surface area contributed by atoms with E-state index in [4.69, 9.17) is 23.2 Å². The second-order valence-corrected chi connectivity index (χ2v) is 5.83. The number of amides is 2. The monoisotopic (exact) mass is 331 g/mol. The van der Waals surface area contributed by atoms with Crippen LogP contribution in [0.3, 0.4) is 0 Å². The molecule has 0 aliphatic heterocycles. The Kier molecular flexibility index (Phi) is 6.95. The molecular formula is C14H19Cl2N3O2. The summed E-state index contributed by atoms with van der Waals surface area (Å²) in [6.45, 7) is 3.99. The summed E-state index contributed by atoms with van der Waals surface area (Å²) in [5.41, 5.74) is 0.453. The Balaban J connectivity index is 2.50. The lowest BCUT2D eigenvalue weighted by Crippen LogP contribution is -2.41. The largest absolute Gasteiger partial charge is 0.353 e. The number of likely N-dealkylation sites (N-methyl/N-ethyl adjacent to an activating group) is 1. The van der Waals surface area contributed by atoms with Crippen molar-refractivity contribution in [2.24, 2.45) is 0 Å². The third-order valence-corrected chi connectivity index (χ3v) is 3.32. The van der Waals surface area contributed by atoms with Crippen molar-refractivity contribution in [1.29, 1.82) is 0 Å². The number of nitrogens with zero attached hydrogens (tertiary/aromatic N) is 1. The maximum absolute atomic E-state index is 11.9. The van der Waals surface area contributed by atoms with Crippen molar-refractivity contribution in [2.45, 2.75) is 19.9 Å². The molecule has 0 saturated carbocycles. The van der Waals surface area contributed by atoms with Crippen LogP contribution in [-0.2, 0) is 9.59 Å². The van der Waals surface area contributed by atoms with Crippen molar-refractivity contribution in [3.63, 3.8) is 0 Å². The normalized spacial score (nSPS) is 10.8. The van der Waals surface area contributed by atoms with Gasteiger partial charge in [-0.1, -0.05) is 29.3 Å². The maximum Gasteiger partial charge on any atom is 0.238 e. The predicted molar refractivity (Wildman–Crippen MR) is 85.9 cm³/mol. The Bertz CT molecular complexity index is 521. The zero-order valence-electron chi connectivity index (χ0n) is 12.2. The Labute approximate surface area is 134 Å². The standard InChI is InChI=1S/C14H19Cl2N3O2/c1-9(2)17-12(20)7-19(3)8-13(21)18-11-6-4-5-10(15)14(11)16/h4-6,9H,7-8H2,1-3H3,(H,17,20)(H,18,21). The van der Waals surface area contributed by atoms with Gasteiger partial charge in [-0.05, 0) is 33.0 Å². The molecule has 0 radical (unpaired) electrons. The number of carbonyl (C=O) groups is 2. The number of benzene rings is 1. The third kappa shape index (κ3) is 6.33. The van der Waals surface area contributed by atoms with Gasteiger partial charge in [0.2, 0.25) is 11.8 Å². The Morgan fingerprint density at radius 3 is 2.43 bits per heavy atom. The van der Waals surface area contributed by atoms with Gasteiger partial charge in [-0.25, -0.2) is 0 Å². The minimum absolute atomic E-state index is 0.0741. The number of nitrogens with one attached hydrogen (secondary N) is 2. The molecule has 116 valence electrons. The Hall–Kier alpha value is -1.30. The molecule has 0 saturated heterocycles. The van der Waals surface area contributed by atoms with Gasteiger partial charge in [0, 0.05) is 6.04 Å². The summed E-state index contributed by atoms with van der Waals surface area (Å²) in [6, 6.07) is 5.08. The summed E-state index contributed by atoms with van der Waals surface area (Å²) in [4.78, 5) is 25.1. The lowest BCUT2D eigenvalue weighted by atomic mass is 10.3. The van der Waals surface area contributed by atoms with E-state index < -0.39 is 0 Å². The highest BCUT2D eigenvalue weighted by Gasteiger charge is 2.13. The van der Waals surface area contributed by atoms with Crippen LogP contribution >= 0.6 is 23.2 Å². The van der Waals surface area contributed by atoms with Crippen LogP contribution < -0.4 is 10.6 Å². The van der Waals surface area contributed by atoms with Crippen molar-refractivity contribution in [2.75, 3.05) is 25.5 Å². The molecule has 0 aliphatic carbocycles. The molecular weight excluding hydrogens is 313 g/mol. The molecule has 5 nitrogen and oxygen atoms in total. The van der Waals surface area contributed by atoms with E-state index in [1.807, 2.05) is 13.8 Å². The first-order valence-electron chi connectivity index (χ1n) is 6.51. The third-order valence-electron chi connectivity index (χ3n) is 2.50. The molecule has 0 unspecified atom stereocenters. The van der Waals surface area contributed by atoms with Gasteiger partial charge in [0.1, 0.15) is 0 Å². The molecule has 0 bridgehead atoms. The lowest BCUT2D eigenvalue weighted by Gasteiger charge is -2.17. The first-order chi connectivity index (χ1) is 9.79. The molecule has 1 aromatic rings. The number of carbonyl (C=O) groups excluding carboxylic acids is 2. The number of hydrogen-bond acceptors (Lipinski definition) is 3. The fourth-order valence-electron chi connectivity index (χ4n) is 1.70. The first-order valence-corrected chi connectivity index (χ1v) is 7.27. The molecule has 2 N–H and O–H groups in total. The van der Waals surface area contributed by atoms with E-state index in [0.29, 0.717) is 15.7 Å². The van der Waals surface area contributed by atoms with E-state index in [1.165, 1.54) is 0 Å². The Morgan fingerprint density at radius 2 is 1.81 bits per heavy atom. The van der Waals surface area contributed by atoms with E-state index in [9.17, 15) is 9.59 Å². The van der Waals surface area contributed by atoms with Crippen molar-refractivity contribution in [1.82, 2.24) is 10.2 Å². The number of halogens is 2. The van der Waals surface area contributed by atoms with Gasteiger partial charge in [-0.2, -0.15) is 0 Å². The van der Waals surface area contributed by atoms with Gasteiger partial charge in [0.25, 0.3) is 0 Å². The topological polar surface area (TPSA) is 61.4 Å². The van der Waals surface area contributed by atoms with Gasteiger partial charge >= 0.3 is 0 Å². The molecule has 0 aliphatic rings. The molecule has 0 fully saturated rings. The summed E-state index contributed by atoms with van der Waals surface area (Å²) >= 11 is 11.9. The van der Waals surface area contributed by atoms with Crippen LogP contribution in [0.15, 0.2) is 18.2 Å². The van der Waals surface area contributed by atoms with E-state index >= 15 is 0 Å². The van der Waals surface area contributed by atoms with Gasteiger partial charge < -0.3 is 10.6 Å². The van der Waals surface area contributed by atoms with Crippen molar-refractivity contribution < 1.29 is 9.59 Å². The highest BCUT2D eigenvalue weighted by Crippen LogP contribution is 2.29. The second kappa shape index (κ2) is 8.22. The fraction of sp³-hybridized carbons (Fsp3) is 0.429. The van der Waals surface area contributed by atoms with E-state index in [0.717, 1.165) is 0 Å². The van der Waals surface area contributed by atoms with Crippen LogP contribution in [0.1, 0.15) is 13.8 Å². The van der Waals surface area contributed by atoms with Crippen LogP contribution in [0, 0.1) is 0 Å². The summed E-state index contributed by atoms with van der Waals surface area (Å²) in [6.07, 6.45) is 0. The van der Waals surface area contributed by atoms with E-state index in [-0.39, 0.29) is 30.9 Å². The molecule has 2 amide bonds. The van der Waals surface area contributed by atoms with Crippen LogP contribution in [0.25, 0.3) is 0 Å². The average molecular weight is 332 g/mol. The van der Waals surface area contributed by atoms with Crippen LogP contribution in [0.5, 0.6) is 0 Å². The molecule has 0 atom stereocenters. The minimum atomic E-state index is -0.265. The van der Waals surface area contributed by atoms with Crippen molar-refractivity contribution >= 4 is 40.7 Å². The van der Waals surface area contributed by atoms with Gasteiger partial charge in [0.05, 0.1) is 28.8 Å². The van der Waals surface area contributed by atoms with Crippen LogP contribution in [0.2, 0.25) is 10.0 Å². The summed E-state index contributed by atoms with van der Waals surface area (Å²) < 4.78 is 0.